The van der Waals surface area contributed by atoms with E-state index in [4.69, 9.17) is 14.7 Å². The van der Waals surface area contributed by atoms with E-state index in [1.54, 1.807) is 19.5 Å². The molecule has 1 saturated heterocycles. The number of aromatic nitrogens is 3. The minimum absolute atomic E-state index is 0.182. The summed E-state index contributed by atoms with van der Waals surface area (Å²) in [6.07, 6.45) is 3.77. The molecule has 0 radical (unpaired) electrons. The van der Waals surface area contributed by atoms with E-state index in [0.717, 1.165) is 52.5 Å². The number of methoxy groups -OCH3 is 1. The van der Waals surface area contributed by atoms with Crippen molar-refractivity contribution < 1.29 is 9.13 Å². The molecule has 7 heteroatoms. The second-order valence-electron chi connectivity index (χ2n) is 8.80. The number of anilines is 2. The normalized spacial score (nSPS) is 13.8. The number of nitrogens with zero attached hydrogens (tertiary/aromatic N) is 5. The maximum absolute atomic E-state index is 14.4. The summed E-state index contributed by atoms with van der Waals surface area (Å²) >= 11 is 0. The minimum Gasteiger partial charge on any atom is -0.497 e. The van der Waals surface area contributed by atoms with Gasteiger partial charge in [0.15, 0.2) is 5.65 Å². The fourth-order valence-corrected chi connectivity index (χ4v) is 4.93. The molecular weight excluding hydrogens is 453 g/mol. The third-order valence-corrected chi connectivity index (χ3v) is 6.77. The fourth-order valence-electron chi connectivity index (χ4n) is 4.93. The average molecular weight is 480 g/mol. The lowest BCUT2D eigenvalue weighted by molar-refractivity contribution is 0.415. The van der Waals surface area contributed by atoms with Crippen LogP contribution in [-0.2, 0) is 0 Å². The van der Waals surface area contributed by atoms with Gasteiger partial charge in [-0.15, -0.1) is 0 Å². The maximum Gasteiger partial charge on any atom is 0.150 e. The number of benzene rings is 3. The van der Waals surface area contributed by atoms with Gasteiger partial charge in [0.25, 0.3) is 0 Å². The topological polar surface area (TPSA) is 46.4 Å². The molecule has 36 heavy (non-hydrogen) atoms. The van der Waals surface area contributed by atoms with Crippen molar-refractivity contribution in [2.24, 2.45) is 0 Å². The predicted molar refractivity (Wildman–Crippen MR) is 142 cm³/mol. The number of ether oxygens (including phenoxy) is 1. The highest BCUT2D eigenvalue weighted by molar-refractivity contribution is 6.02. The first kappa shape index (κ1) is 22.1. The van der Waals surface area contributed by atoms with Crippen LogP contribution in [0.2, 0.25) is 0 Å². The molecule has 0 amide bonds. The summed E-state index contributed by atoms with van der Waals surface area (Å²) in [5.74, 6) is 1.53. The molecule has 2 aromatic heterocycles. The smallest absolute Gasteiger partial charge is 0.150 e. The molecule has 5 aromatic rings. The van der Waals surface area contributed by atoms with Gasteiger partial charge >= 0.3 is 0 Å². The molecule has 0 bridgehead atoms. The Kier molecular flexibility index (Phi) is 5.73. The molecule has 0 N–H and O–H groups in total. The van der Waals surface area contributed by atoms with Gasteiger partial charge in [0.2, 0.25) is 0 Å². The third kappa shape index (κ3) is 3.92. The molecule has 0 spiro atoms. The number of para-hydroxylation sites is 1. The summed E-state index contributed by atoms with van der Waals surface area (Å²) in [5, 5.41) is 1.01. The van der Waals surface area contributed by atoms with Gasteiger partial charge in [-0.25, -0.2) is 14.4 Å². The van der Waals surface area contributed by atoms with Crippen LogP contribution in [0.15, 0.2) is 91.4 Å². The van der Waals surface area contributed by atoms with Gasteiger partial charge in [0, 0.05) is 43.6 Å². The van der Waals surface area contributed by atoms with E-state index in [-0.39, 0.29) is 5.82 Å². The van der Waals surface area contributed by atoms with Crippen LogP contribution in [0, 0.1) is 5.82 Å². The first-order chi connectivity index (χ1) is 17.7. The number of hydrogen-bond donors (Lipinski definition) is 0. The first-order valence-electron chi connectivity index (χ1n) is 12.0. The molecule has 6 nitrogen and oxygen atoms in total. The van der Waals surface area contributed by atoms with Gasteiger partial charge in [0.05, 0.1) is 18.2 Å². The molecule has 0 aliphatic carbocycles. The van der Waals surface area contributed by atoms with Crippen molar-refractivity contribution in [3.8, 4) is 22.6 Å². The standard InChI is InChI=1S/C29H26FN5O/c1-36-23-13-11-22(12-14-23)35-19-24(21-7-3-2-4-8-21)27-28(31-20-32-29(27)35)34-17-15-33(16-18-34)26-10-6-5-9-25(26)30/h2-14,19-20H,15-18H2,1H3. The van der Waals surface area contributed by atoms with E-state index in [0.29, 0.717) is 18.8 Å². The van der Waals surface area contributed by atoms with Gasteiger partial charge in [-0.3, -0.25) is 0 Å². The van der Waals surface area contributed by atoms with E-state index in [2.05, 4.69) is 32.7 Å². The zero-order valence-corrected chi connectivity index (χ0v) is 20.0. The molecule has 0 saturated carbocycles. The van der Waals surface area contributed by atoms with E-state index in [9.17, 15) is 4.39 Å². The van der Waals surface area contributed by atoms with Gasteiger partial charge in [-0.05, 0) is 42.0 Å². The molecule has 1 aliphatic rings. The van der Waals surface area contributed by atoms with Crippen molar-refractivity contribution in [1.29, 1.82) is 0 Å². The van der Waals surface area contributed by atoms with Crippen molar-refractivity contribution in [2.75, 3.05) is 43.1 Å². The van der Waals surface area contributed by atoms with Crippen LogP contribution in [0.25, 0.3) is 27.8 Å². The number of fused-ring (bicyclic) bond motifs is 1. The zero-order valence-electron chi connectivity index (χ0n) is 20.0. The molecule has 1 fully saturated rings. The Morgan fingerprint density at radius 1 is 0.778 bits per heavy atom. The highest BCUT2D eigenvalue weighted by Gasteiger charge is 2.25. The molecule has 3 heterocycles. The van der Waals surface area contributed by atoms with E-state index >= 15 is 0 Å². The second kappa shape index (κ2) is 9.34. The van der Waals surface area contributed by atoms with Crippen LogP contribution in [0.1, 0.15) is 0 Å². The Hall–Kier alpha value is -4.39. The van der Waals surface area contributed by atoms with Gasteiger partial charge < -0.3 is 19.1 Å². The van der Waals surface area contributed by atoms with Crippen LogP contribution < -0.4 is 14.5 Å². The van der Waals surface area contributed by atoms with Crippen molar-refractivity contribution in [3.63, 3.8) is 0 Å². The molecule has 1 aliphatic heterocycles. The average Bonchev–Trinajstić information content (AvgIpc) is 3.34. The van der Waals surface area contributed by atoms with Crippen LogP contribution >= 0.6 is 0 Å². The summed E-state index contributed by atoms with van der Waals surface area (Å²) in [5.41, 5.74) is 4.68. The SMILES string of the molecule is COc1ccc(-n2cc(-c3ccccc3)c3c(N4CCN(c5ccccc5F)CC4)ncnc32)cc1. The van der Waals surface area contributed by atoms with Gasteiger partial charge in [-0.2, -0.15) is 0 Å². The van der Waals surface area contributed by atoms with E-state index in [1.807, 2.05) is 54.6 Å². The molecule has 3 aromatic carbocycles. The first-order valence-corrected chi connectivity index (χ1v) is 12.0. The van der Waals surface area contributed by atoms with Crippen molar-refractivity contribution in [2.45, 2.75) is 0 Å². The Bertz CT molecular complexity index is 1490. The molecule has 0 unspecified atom stereocenters. The lowest BCUT2D eigenvalue weighted by atomic mass is 10.1. The Morgan fingerprint density at radius 3 is 2.19 bits per heavy atom. The summed E-state index contributed by atoms with van der Waals surface area (Å²) in [6, 6.07) is 25.3. The number of rotatable bonds is 5. The minimum atomic E-state index is -0.182. The Balaban J connectivity index is 1.42. The van der Waals surface area contributed by atoms with Crippen LogP contribution in [0.5, 0.6) is 5.75 Å². The van der Waals surface area contributed by atoms with Crippen molar-refractivity contribution in [3.05, 3.63) is 97.2 Å². The van der Waals surface area contributed by atoms with Gasteiger partial charge in [-0.1, -0.05) is 42.5 Å². The monoisotopic (exact) mass is 479 g/mol. The lowest BCUT2D eigenvalue weighted by Crippen LogP contribution is -2.47. The summed E-state index contributed by atoms with van der Waals surface area (Å²) in [4.78, 5) is 13.9. The number of piperazine rings is 1. The van der Waals surface area contributed by atoms with Gasteiger partial charge in [0.1, 0.15) is 23.7 Å². The summed E-state index contributed by atoms with van der Waals surface area (Å²) < 4.78 is 21.8. The molecular formula is C29H26FN5O. The highest BCUT2D eigenvalue weighted by Crippen LogP contribution is 2.37. The maximum atomic E-state index is 14.4. The predicted octanol–water partition coefficient (Wildman–Crippen LogP) is 5.56. The lowest BCUT2D eigenvalue weighted by Gasteiger charge is -2.37. The number of halogens is 1. The quantitative estimate of drug-likeness (QED) is 0.330. The van der Waals surface area contributed by atoms with Crippen molar-refractivity contribution >= 4 is 22.5 Å². The highest BCUT2D eigenvalue weighted by atomic mass is 19.1. The Labute approximate surface area is 209 Å². The third-order valence-electron chi connectivity index (χ3n) is 6.77. The van der Waals surface area contributed by atoms with E-state index < -0.39 is 0 Å². The van der Waals surface area contributed by atoms with Crippen LogP contribution in [-0.4, -0.2) is 47.8 Å². The number of hydrogen-bond acceptors (Lipinski definition) is 5. The summed E-state index contributed by atoms with van der Waals surface area (Å²) in [7, 11) is 1.67. The Morgan fingerprint density at radius 2 is 1.47 bits per heavy atom. The summed E-state index contributed by atoms with van der Waals surface area (Å²) in [6.45, 7) is 2.91. The largest absolute Gasteiger partial charge is 0.497 e. The molecule has 0 atom stereocenters. The molecule has 180 valence electrons. The molecule has 6 rings (SSSR count). The van der Waals surface area contributed by atoms with Crippen LogP contribution in [0.3, 0.4) is 0 Å². The van der Waals surface area contributed by atoms with Crippen molar-refractivity contribution in [1.82, 2.24) is 14.5 Å². The van der Waals surface area contributed by atoms with E-state index in [1.165, 1.54) is 6.07 Å². The fraction of sp³-hybridized carbons (Fsp3) is 0.172. The second-order valence-corrected chi connectivity index (χ2v) is 8.80. The zero-order chi connectivity index (χ0) is 24.5. The van der Waals surface area contributed by atoms with Crippen LogP contribution in [0.4, 0.5) is 15.9 Å².